The Morgan fingerprint density at radius 3 is 2.75 bits per heavy atom. The van der Waals surface area contributed by atoms with Crippen molar-refractivity contribution in [3.8, 4) is 5.69 Å². The van der Waals surface area contributed by atoms with Crippen LogP contribution in [0.1, 0.15) is 29.8 Å². The number of halogens is 1. The minimum absolute atomic E-state index is 0.0704. The number of pyridine rings is 1. The first-order valence-corrected chi connectivity index (χ1v) is 10.3. The molecule has 0 aliphatic heterocycles. The van der Waals surface area contributed by atoms with E-state index in [1.807, 2.05) is 45.0 Å². The van der Waals surface area contributed by atoms with Crippen molar-refractivity contribution in [1.82, 2.24) is 24.5 Å². The van der Waals surface area contributed by atoms with Crippen LogP contribution in [-0.4, -0.2) is 24.5 Å². The standard InChI is InChI=1S/C24H21FN6O/c1-13-6-4-9-18(14(13)2)31-19(10-16-7-5-8-17(25)20(16)24(31)32)15(3)30-23-21-22(27-11-26-21)28-12-29-23/h4-12,15H,1-3H3,(H2,26,27,28,29,30)/t15-/m1/s1. The van der Waals surface area contributed by atoms with Gasteiger partial charge in [-0.05, 0) is 55.5 Å². The van der Waals surface area contributed by atoms with Crippen LogP contribution in [0.25, 0.3) is 27.6 Å². The predicted molar refractivity (Wildman–Crippen MR) is 123 cm³/mol. The SMILES string of the molecule is Cc1cccc(-n2c([C@@H](C)Nc3ncnc4[nH]cnc34)cc3cccc(F)c3c2=O)c1C. The number of aromatic nitrogens is 5. The molecule has 32 heavy (non-hydrogen) atoms. The Morgan fingerprint density at radius 2 is 1.91 bits per heavy atom. The van der Waals surface area contributed by atoms with Crippen LogP contribution in [0.15, 0.2) is 59.9 Å². The quantitative estimate of drug-likeness (QED) is 0.437. The van der Waals surface area contributed by atoms with Crippen LogP contribution in [0, 0.1) is 19.7 Å². The first-order chi connectivity index (χ1) is 15.5. The van der Waals surface area contributed by atoms with Crippen molar-refractivity contribution in [1.29, 1.82) is 0 Å². The van der Waals surface area contributed by atoms with Crippen LogP contribution in [0.3, 0.4) is 0 Å². The van der Waals surface area contributed by atoms with E-state index in [0.717, 1.165) is 16.8 Å². The molecule has 5 aromatic rings. The van der Waals surface area contributed by atoms with Gasteiger partial charge in [0.05, 0.1) is 23.4 Å². The minimum atomic E-state index is -0.534. The zero-order valence-electron chi connectivity index (χ0n) is 17.8. The maximum absolute atomic E-state index is 14.7. The predicted octanol–water partition coefficient (Wildman–Crippen LogP) is 4.59. The van der Waals surface area contributed by atoms with Crippen LogP contribution in [0.4, 0.5) is 10.2 Å². The summed E-state index contributed by atoms with van der Waals surface area (Å²) in [5, 5.41) is 3.97. The number of H-pyrrole nitrogens is 1. The molecule has 1 atom stereocenters. The summed E-state index contributed by atoms with van der Waals surface area (Å²) in [6.07, 6.45) is 3.00. The number of hydrogen-bond acceptors (Lipinski definition) is 5. The van der Waals surface area contributed by atoms with E-state index < -0.39 is 11.4 Å². The molecular weight excluding hydrogens is 407 g/mol. The molecule has 0 fully saturated rings. The van der Waals surface area contributed by atoms with Gasteiger partial charge in [0.15, 0.2) is 11.5 Å². The second kappa shape index (κ2) is 7.56. The molecule has 0 spiro atoms. The monoisotopic (exact) mass is 428 g/mol. The molecule has 160 valence electrons. The summed E-state index contributed by atoms with van der Waals surface area (Å²) in [6, 6.07) is 11.9. The van der Waals surface area contributed by atoms with Crippen molar-refractivity contribution < 1.29 is 4.39 Å². The molecule has 2 aromatic carbocycles. The summed E-state index contributed by atoms with van der Waals surface area (Å²) in [4.78, 5) is 29.4. The Morgan fingerprint density at radius 1 is 1.09 bits per heavy atom. The Kier molecular flexibility index (Phi) is 4.70. The number of anilines is 1. The van der Waals surface area contributed by atoms with Crippen molar-refractivity contribution in [2.45, 2.75) is 26.8 Å². The first kappa shape index (κ1) is 19.9. The molecule has 3 aromatic heterocycles. The molecular formula is C24H21FN6O. The van der Waals surface area contributed by atoms with E-state index in [1.54, 1.807) is 23.0 Å². The highest BCUT2D eigenvalue weighted by molar-refractivity contribution is 5.84. The number of nitrogens with zero attached hydrogens (tertiary/aromatic N) is 4. The number of fused-ring (bicyclic) bond motifs is 2. The molecule has 0 amide bonds. The lowest BCUT2D eigenvalue weighted by Crippen LogP contribution is -2.27. The van der Waals surface area contributed by atoms with Crippen LogP contribution in [0.5, 0.6) is 0 Å². The van der Waals surface area contributed by atoms with Crippen molar-refractivity contribution in [2.24, 2.45) is 0 Å². The zero-order valence-corrected chi connectivity index (χ0v) is 17.8. The van der Waals surface area contributed by atoms with Gasteiger partial charge in [-0.3, -0.25) is 9.36 Å². The van der Waals surface area contributed by atoms with E-state index in [4.69, 9.17) is 0 Å². The van der Waals surface area contributed by atoms with Crippen LogP contribution in [-0.2, 0) is 0 Å². The Balaban J connectivity index is 1.75. The fourth-order valence-corrected chi connectivity index (χ4v) is 4.03. The summed E-state index contributed by atoms with van der Waals surface area (Å²) in [6.45, 7) is 5.88. The molecule has 0 saturated carbocycles. The molecule has 0 unspecified atom stereocenters. The van der Waals surface area contributed by atoms with Gasteiger partial charge in [0.25, 0.3) is 5.56 Å². The van der Waals surface area contributed by atoms with E-state index in [0.29, 0.717) is 28.1 Å². The third-order valence-corrected chi connectivity index (χ3v) is 5.86. The molecule has 0 bridgehead atoms. The van der Waals surface area contributed by atoms with E-state index in [2.05, 4.69) is 25.3 Å². The minimum Gasteiger partial charge on any atom is -0.360 e. The van der Waals surface area contributed by atoms with Gasteiger partial charge >= 0.3 is 0 Å². The molecule has 0 aliphatic carbocycles. The lowest BCUT2D eigenvalue weighted by Gasteiger charge is -2.23. The molecule has 2 N–H and O–H groups in total. The molecule has 0 aliphatic rings. The van der Waals surface area contributed by atoms with E-state index in [-0.39, 0.29) is 11.4 Å². The number of aryl methyl sites for hydroxylation is 1. The van der Waals surface area contributed by atoms with Gasteiger partial charge in [-0.25, -0.2) is 19.3 Å². The van der Waals surface area contributed by atoms with Crippen LogP contribution >= 0.6 is 0 Å². The molecule has 0 radical (unpaired) electrons. The van der Waals surface area contributed by atoms with Gasteiger partial charge in [-0.15, -0.1) is 0 Å². The van der Waals surface area contributed by atoms with Gasteiger partial charge in [0.2, 0.25) is 0 Å². The molecule has 8 heteroatoms. The summed E-state index contributed by atoms with van der Waals surface area (Å²) in [5.41, 5.74) is 4.22. The fraction of sp³-hybridized carbons (Fsp3) is 0.167. The molecule has 0 saturated heterocycles. The largest absolute Gasteiger partial charge is 0.360 e. The van der Waals surface area contributed by atoms with Gasteiger partial charge < -0.3 is 10.3 Å². The lowest BCUT2D eigenvalue weighted by atomic mass is 10.0. The number of benzene rings is 2. The normalized spacial score (nSPS) is 12.4. The second-order valence-electron chi connectivity index (χ2n) is 7.82. The molecule has 5 rings (SSSR count). The van der Waals surface area contributed by atoms with E-state index >= 15 is 0 Å². The summed E-state index contributed by atoms with van der Waals surface area (Å²) in [7, 11) is 0. The first-order valence-electron chi connectivity index (χ1n) is 10.3. The third-order valence-electron chi connectivity index (χ3n) is 5.86. The highest BCUT2D eigenvalue weighted by Crippen LogP contribution is 2.28. The average Bonchev–Trinajstić information content (AvgIpc) is 3.26. The van der Waals surface area contributed by atoms with Gasteiger partial charge in [0.1, 0.15) is 17.7 Å². The third kappa shape index (κ3) is 3.11. The van der Waals surface area contributed by atoms with Crippen molar-refractivity contribution in [3.05, 3.63) is 88.1 Å². The van der Waals surface area contributed by atoms with Gasteiger partial charge in [-0.2, -0.15) is 0 Å². The Labute approximate surface area is 183 Å². The summed E-state index contributed by atoms with van der Waals surface area (Å²) < 4.78 is 16.3. The molecule has 7 nitrogen and oxygen atoms in total. The number of rotatable bonds is 4. The number of aromatic amines is 1. The number of nitrogens with one attached hydrogen (secondary N) is 2. The maximum atomic E-state index is 14.7. The fourth-order valence-electron chi connectivity index (χ4n) is 4.03. The topological polar surface area (TPSA) is 88.5 Å². The Hall–Kier alpha value is -4.07. The van der Waals surface area contributed by atoms with Crippen LogP contribution in [0.2, 0.25) is 0 Å². The van der Waals surface area contributed by atoms with Crippen LogP contribution < -0.4 is 10.9 Å². The van der Waals surface area contributed by atoms with Gasteiger partial charge in [0, 0.05) is 5.69 Å². The molecule has 3 heterocycles. The van der Waals surface area contributed by atoms with E-state index in [9.17, 15) is 9.18 Å². The maximum Gasteiger partial charge on any atom is 0.266 e. The Bertz CT molecular complexity index is 1540. The summed E-state index contributed by atoms with van der Waals surface area (Å²) in [5.74, 6) is 0.0100. The average molecular weight is 428 g/mol. The zero-order chi connectivity index (χ0) is 22.4. The number of hydrogen-bond donors (Lipinski definition) is 2. The smallest absolute Gasteiger partial charge is 0.266 e. The highest BCUT2D eigenvalue weighted by Gasteiger charge is 2.20. The lowest BCUT2D eigenvalue weighted by molar-refractivity contribution is 0.637. The van der Waals surface area contributed by atoms with Crippen molar-refractivity contribution in [2.75, 3.05) is 5.32 Å². The van der Waals surface area contributed by atoms with Crippen molar-refractivity contribution in [3.63, 3.8) is 0 Å². The second-order valence-corrected chi connectivity index (χ2v) is 7.82. The van der Waals surface area contributed by atoms with E-state index in [1.165, 1.54) is 12.4 Å². The van der Waals surface area contributed by atoms with Gasteiger partial charge in [-0.1, -0.05) is 24.3 Å². The highest BCUT2D eigenvalue weighted by atomic mass is 19.1. The summed E-state index contributed by atoms with van der Waals surface area (Å²) >= 11 is 0. The van der Waals surface area contributed by atoms with Crippen molar-refractivity contribution >= 4 is 27.8 Å². The number of imidazole rings is 1.